The molecule has 4 bridgehead atoms. The van der Waals surface area contributed by atoms with Gasteiger partial charge in [0.1, 0.15) is 0 Å². The number of nitrogens with zero attached hydrogens (tertiary/aromatic N) is 2. The summed E-state index contributed by atoms with van der Waals surface area (Å²) >= 11 is 0. The van der Waals surface area contributed by atoms with Gasteiger partial charge in [-0.25, -0.2) is 0 Å². The van der Waals surface area contributed by atoms with Crippen molar-refractivity contribution in [1.29, 1.82) is 0 Å². The zero-order chi connectivity index (χ0) is 14.7. The lowest BCUT2D eigenvalue weighted by Gasteiger charge is -2.64. The number of rotatable bonds is 4. The van der Waals surface area contributed by atoms with Crippen molar-refractivity contribution in [2.45, 2.75) is 71.3 Å². The molecule has 4 aliphatic carbocycles. The molecule has 1 heterocycles. The Morgan fingerprint density at radius 1 is 1.10 bits per heavy atom. The van der Waals surface area contributed by atoms with E-state index in [-0.39, 0.29) is 5.41 Å². The van der Waals surface area contributed by atoms with Crippen LogP contribution in [-0.2, 0) is 12.0 Å². The molecule has 116 valence electrons. The van der Waals surface area contributed by atoms with Gasteiger partial charge in [-0.2, -0.15) is 0 Å². The fourth-order valence-corrected chi connectivity index (χ4v) is 6.46. The summed E-state index contributed by atoms with van der Waals surface area (Å²) in [5.41, 5.74) is 1.15. The maximum atomic E-state index is 6.08. The van der Waals surface area contributed by atoms with E-state index in [1.165, 1.54) is 38.5 Å². The number of hydrogen-bond donors (Lipinski definition) is 1. The average Bonchev–Trinajstić information content (AvgIpc) is 2.81. The largest absolute Gasteiger partial charge is 0.423 e. The number of nitrogens with one attached hydrogen (secondary N) is 1. The predicted molar refractivity (Wildman–Crippen MR) is 80.8 cm³/mol. The SMILES string of the molecule is CCNCc1nnc(C23CC4CC(C)(CC(C)(C4)C2)C3)o1. The molecule has 0 amide bonds. The second-order valence-corrected chi connectivity index (χ2v) is 8.69. The van der Waals surface area contributed by atoms with Crippen LogP contribution in [-0.4, -0.2) is 16.7 Å². The summed E-state index contributed by atoms with van der Waals surface area (Å²) in [6.07, 6.45) is 7.95. The summed E-state index contributed by atoms with van der Waals surface area (Å²) in [4.78, 5) is 0. The highest BCUT2D eigenvalue weighted by molar-refractivity contribution is 5.20. The highest BCUT2D eigenvalue weighted by atomic mass is 16.4. The molecule has 0 aliphatic heterocycles. The first-order chi connectivity index (χ1) is 9.94. The summed E-state index contributed by atoms with van der Waals surface area (Å²) in [5.74, 6) is 2.54. The normalized spacial score (nSPS) is 44.4. The second-order valence-electron chi connectivity index (χ2n) is 8.69. The predicted octanol–water partition coefficient (Wildman–Crippen LogP) is 3.43. The molecule has 4 heteroatoms. The van der Waals surface area contributed by atoms with Crippen molar-refractivity contribution in [3.8, 4) is 0 Å². The third-order valence-electron chi connectivity index (χ3n) is 6.07. The zero-order valence-corrected chi connectivity index (χ0v) is 13.5. The third-order valence-corrected chi connectivity index (χ3v) is 6.07. The Hall–Kier alpha value is -0.900. The summed E-state index contributed by atoms with van der Waals surface area (Å²) < 4.78 is 6.08. The van der Waals surface area contributed by atoms with Crippen LogP contribution in [0.5, 0.6) is 0 Å². The summed E-state index contributed by atoms with van der Waals surface area (Å²) in [5, 5.41) is 12.0. The Balaban J connectivity index is 1.66. The number of hydrogen-bond acceptors (Lipinski definition) is 4. The van der Waals surface area contributed by atoms with Crippen LogP contribution in [0, 0.1) is 16.7 Å². The third kappa shape index (κ3) is 2.14. The first kappa shape index (κ1) is 13.7. The van der Waals surface area contributed by atoms with Crippen LogP contribution in [0.4, 0.5) is 0 Å². The van der Waals surface area contributed by atoms with Crippen molar-refractivity contribution >= 4 is 0 Å². The van der Waals surface area contributed by atoms with Crippen molar-refractivity contribution < 1.29 is 4.42 Å². The quantitative estimate of drug-likeness (QED) is 0.922. The maximum absolute atomic E-state index is 6.08. The molecule has 0 saturated heterocycles. The van der Waals surface area contributed by atoms with E-state index in [2.05, 4.69) is 36.3 Å². The van der Waals surface area contributed by atoms with Crippen molar-refractivity contribution in [1.82, 2.24) is 15.5 Å². The fraction of sp³-hybridized carbons (Fsp3) is 0.882. The average molecular weight is 289 g/mol. The van der Waals surface area contributed by atoms with Crippen LogP contribution in [0.15, 0.2) is 4.42 Å². The van der Waals surface area contributed by atoms with Crippen LogP contribution in [0.3, 0.4) is 0 Å². The first-order valence-corrected chi connectivity index (χ1v) is 8.48. The molecule has 5 rings (SSSR count). The molecule has 0 spiro atoms. The van der Waals surface area contributed by atoms with E-state index in [0.717, 1.165) is 24.2 Å². The molecule has 0 radical (unpaired) electrons. The topological polar surface area (TPSA) is 51.0 Å². The standard InChI is InChI=1S/C17H27N3O/c1-4-18-8-13-19-20-14(21-13)17-7-12-5-15(2,10-17)9-16(3,6-12)11-17/h12,18H,4-11H2,1-3H3. The van der Waals surface area contributed by atoms with Gasteiger partial charge in [-0.05, 0) is 61.8 Å². The van der Waals surface area contributed by atoms with Gasteiger partial charge in [0.25, 0.3) is 0 Å². The first-order valence-electron chi connectivity index (χ1n) is 8.48. The van der Waals surface area contributed by atoms with E-state index >= 15 is 0 Å². The molecule has 0 aromatic carbocycles. The summed E-state index contributed by atoms with van der Waals surface area (Å²) in [6.45, 7) is 8.69. The van der Waals surface area contributed by atoms with Gasteiger partial charge >= 0.3 is 0 Å². The van der Waals surface area contributed by atoms with E-state index in [4.69, 9.17) is 4.42 Å². The molecule has 4 nitrogen and oxygen atoms in total. The monoisotopic (exact) mass is 289 g/mol. The summed E-state index contributed by atoms with van der Waals surface area (Å²) in [6, 6.07) is 0. The van der Waals surface area contributed by atoms with E-state index in [0.29, 0.717) is 17.4 Å². The molecule has 1 aromatic rings. The van der Waals surface area contributed by atoms with Gasteiger partial charge in [0.05, 0.1) is 6.54 Å². The lowest BCUT2D eigenvalue weighted by Crippen LogP contribution is -2.57. The van der Waals surface area contributed by atoms with Gasteiger partial charge < -0.3 is 9.73 Å². The van der Waals surface area contributed by atoms with Gasteiger partial charge in [0, 0.05) is 5.41 Å². The second kappa shape index (κ2) is 4.31. The van der Waals surface area contributed by atoms with Crippen molar-refractivity contribution in [2.75, 3.05) is 6.54 Å². The highest BCUT2D eigenvalue weighted by Gasteiger charge is 2.62. The molecule has 2 atom stereocenters. The van der Waals surface area contributed by atoms with Crippen LogP contribution in [0.25, 0.3) is 0 Å². The van der Waals surface area contributed by atoms with Gasteiger partial charge in [-0.3, -0.25) is 0 Å². The Kier molecular flexibility index (Phi) is 2.82. The molecule has 4 aliphatic rings. The fourth-order valence-electron chi connectivity index (χ4n) is 6.46. The Morgan fingerprint density at radius 2 is 1.81 bits per heavy atom. The summed E-state index contributed by atoms with van der Waals surface area (Å²) in [7, 11) is 0. The van der Waals surface area contributed by atoms with E-state index in [1.54, 1.807) is 0 Å². The van der Waals surface area contributed by atoms with Gasteiger partial charge in [-0.1, -0.05) is 20.8 Å². The van der Waals surface area contributed by atoms with Crippen LogP contribution >= 0.6 is 0 Å². The Bertz CT molecular complexity index is 534. The van der Waals surface area contributed by atoms with Crippen molar-refractivity contribution in [3.05, 3.63) is 11.8 Å². The van der Waals surface area contributed by atoms with Crippen LogP contribution < -0.4 is 5.32 Å². The van der Waals surface area contributed by atoms with Crippen molar-refractivity contribution in [3.63, 3.8) is 0 Å². The van der Waals surface area contributed by atoms with Crippen LogP contribution in [0.1, 0.15) is 71.1 Å². The van der Waals surface area contributed by atoms with E-state index < -0.39 is 0 Å². The molecule has 1 N–H and O–H groups in total. The van der Waals surface area contributed by atoms with E-state index in [9.17, 15) is 0 Å². The van der Waals surface area contributed by atoms with Crippen LogP contribution in [0.2, 0.25) is 0 Å². The van der Waals surface area contributed by atoms with E-state index in [1.807, 2.05) is 0 Å². The maximum Gasteiger partial charge on any atom is 0.230 e. The molecule has 2 unspecified atom stereocenters. The molecule has 4 saturated carbocycles. The minimum absolute atomic E-state index is 0.167. The molecular weight excluding hydrogens is 262 g/mol. The molecular formula is C17H27N3O. The van der Waals surface area contributed by atoms with Gasteiger partial charge in [0.15, 0.2) is 0 Å². The van der Waals surface area contributed by atoms with Gasteiger partial charge in [-0.15, -0.1) is 10.2 Å². The minimum Gasteiger partial charge on any atom is -0.423 e. The Labute approximate surface area is 127 Å². The zero-order valence-electron chi connectivity index (χ0n) is 13.5. The minimum atomic E-state index is 0.167. The highest BCUT2D eigenvalue weighted by Crippen LogP contribution is 2.69. The molecule has 1 aromatic heterocycles. The molecule has 21 heavy (non-hydrogen) atoms. The molecule has 4 fully saturated rings. The lowest BCUT2D eigenvalue weighted by atomic mass is 9.40. The number of aromatic nitrogens is 2. The van der Waals surface area contributed by atoms with Crippen molar-refractivity contribution in [2.24, 2.45) is 16.7 Å². The lowest BCUT2D eigenvalue weighted by molar-refractivity contribution is -0.117. The van der Waals surface area contributed by atoms with Gasteiger partial charge in [0.2, 0.25) is 11.8 Å². The smallest absolute Gasteiger partial charge is 0.230 e. The Morgan fingerprint density at radius 3 is 2.43 bits per heavy atom.